The van der Waals surface area contributed by atoms with E-state index in [1.54, 1.807) is 0 Å². The predicted molar refractivity (Wildman–Crippen MR) is 142 cm³/mol. The highest BCUT2D eigenvalue weighted by atomic mass is 16.2. The van der Waals surface area contributed by atoms with Crippen LogP contribution < -0.4 is 10.6 Å². The predicted octanol–water partition coefficient (Wildman–Crippen LogP) is 6.36. The Morgan fingerprint density at radius 2 is 0.833 bits per heavy atom. The maximum absolute atomic E-state index is 13.2. The molecule has 1 aromatic rings. The topological polar surface area (TPSA) is 58.2 Å². The van der Waals surface area contributed by atoms with Gasteiger partial charge in [0.25, 0.3) is 11.8 Å². The van der Waals surface area contributed by atoms with E-state index in [1.807, 2.05) is 24.3 Å². The lowest BCUT2D eigenvalue weighted by molar-refractivity contribution is -0.0688. The van der Waals surface area contributed by atoms with Crippen LogP contribution in [-0.4, -0.2) is 23.9 Å². The van der Waals surface area contributed by atoms with Crippen LogP contribution >= 0.6 is 0 Å². The minimum Gasteiger partial charge on any atom is -0.349 e. The molecule has 4 heteroatoms. The first-order valence-corrected chi connectivity index (χ1v) is 15.0. The molecule has 0 heterocycles. The summed E-state index contributed by atoms with van der Waals surface area (Å²) in [6, 6.07) is 7.78. The van der Waals surface area contributed by atoms with Gasteiger partial charge in [-0.25, -0.2) is 0 Å². The minimum atomic E-state index is 0.00661. The Balaban J connectivity index is 0.980. The molecule has 0 aliphatic heterocycles. The summed E-state index contributed by atoms with van der Waals surface area (Å²) in [5, 5.41) is 6.74. The van der Waals surface area contributed by atoms with Gasteiger partial charge in [0.2, 0.25) is 0 Å². The van der Waals surface area contributed by atoms with Gasteiger partial charge in [-0.3, -0.25) is 9.59 Å². The first kappa shape index (κ1) is 23.3. The van der Waals surface area contributed by atoms with Gasteiger partial charge in [-0.2, -0.15) is 0 Å². The summed E-state index contributed by atoms with van der Waals surface area (Å²) in [4.78, 5) is 26.3. The number of benzene rings is 1. The molecule has 2 amide bonds. The van der Waals surface area contributed by atoms with Crippen molar-refractivity contribution in [2.45, 2.75) is 103 Å². The number of carbonyl (C=O) groups is 2. The second-order valence-corrected chi connectivity index (χ2v) is 14.5. The lowest BCUT2D eigenvalue weighted by atomic mass is 9.48. The lowest BCUT2D eigenvalue weighted by Crippen LogP contribution is -2.56. The van der Waals surface area contributed by atoms with Gasteiger partial charge in [0.05, 0.1) is 0 Å². The molecule has 8 aliphatic rings. The molecular weight excluding hydrogens is 444 g/mol. The Labute approximate surface area is 216 Å². The molecule has 2 atom stereocenters. The van der Waals surface area contributed by atoms with E-state index < -0.39 is 0 Å². The van der Waals surface area contributed by atoms with Crippen LogP contribution in [0.5, 0.6) is 0 Å². The van der Waals surface area contributed by atoms with Crippen molar-refractivity contribution in [1.29, 1.82) is 0 Å². The molecule has 8 fully saturated rings. The lowest BCUT2D eigenvalue weighted by Gasteiger charge is -2.59. The summed E-state index contributed by atoms with van der Waals surface area (Å²) in [5.74, 6) is 5.31. The van der Waals surface area contributed by atoms with Crippen LogP contribution in [0.25, 0.3) is 0 Å². The largest absolute Gasteiger partial charge is 0.349 e. The molecule has 2 N–H and O–H groups in total. The van der Waals surface area contributed by atoms with Gasteiger partial charge in [0.1, 0.15) is 0 Å². The van der Waals surface area contributed by atoms with E-state index in [9.17, 15) is 9.59 Å². The van der Waals surface area contributed by atoms with E-state index >= 15 is 0 Å². The Hall–Kier alpha value is -1.84. The number of rotatable bonds is 6. The highest BCUT2D eigenvalue weighted by Gasteiger charge is 2.54. The number of nitrogens with one attached hydrogen (secondary N) is 2. The maximum Gasteiger partial charge on any atom is 0.251 e. The fraction of sp³-hybridized carbons (Fsp3) is 0.750. The molecule has 4 nitrogen and oxygen atoms in total. The first-order chi connectivity index (χ1) is 17.3. The second kappa shape index (κ2) is 8.33. The number of carbonyl (C=O) groups excluding carboxylic acids is 2. The van der Waals surface area contributed by atoms with E-state index in [4.69, 9.17) is 0 Å². The second-order valence-electron chi connectivity index (χ2n) is 14.5. The first-order valence-electron chi connectivity index (χ1n) is 15.0. The van der Waals surface area contributed by atoms with Crippen LogP contribution in [0, 0.1) is 46.3 Å². The van der Waals surface area contributed by atoms with Gasteiger partial charge in [0, 0.05) is 23.2 Å². The van der Waals surface area contributed by atoms with Crippen LogP contribution in [0.15, 0.2) is 24.3 Å². The highest BCUT2D eigenvalue weighted by Crippen LogP contribution is 2.62. The van der Waals surface area contributed by atoms with Crippen molar-refractivity contribution in [3.05, 3.63) is 35.4 Å². The molecule has 0 radical (unpaired) electrons. The van der Waals surface area contributed by atoms with Gasteiger partial charge in [-0.1, -0.05) is 0 Å². The van der Waals surface area contributed by atoms with Crippen molar-refractivity contribution in [2.24, 2.45) is 46.3 Å². The van der Waals surface area contributed by atoms with E-state index in [-0.39, 0.29) is 23.9 Å². The molecule has 8 saturated carbocycles. The summed E-state index contributed by atoms with van der Waals surface area (Å²) in [7, 11) is 0. The number of amides is 2. The van der Waals surface area contributed by atoms with Gasteiger partial charge in [0.15, 0.2) is 0 Å². The number of hydrogen-bond donors (Lipinski definition) is 2. The summed E-state index contributed by atoms with van der Waals surface area (Å²) in [6.45, 7) is 4.47. The van der Waals surface area contributed by atoms with Gasteiger partial charge >= 0.3 is 0 Å². The summed E-state index contributed by atoms with van der Waals surface area (Å²) in [5.41, 5.74) is 1.93. The molecule has 0 saturated heterocycles. The molecule has 2 unspecified atom stereocenters. The van der Waals surface area contributed by atoms with E-state index in [2.05, 4.69) is 24.5 Å². The normalized spacial score (nSPS) is 43.3. The summed E-state index contributed by atoms with van der Waals surface area (Å²) < 4.78 is 0. The molecule has 9 rings (SSSR count). The van der Waals surface area contributed by atoms with Gasteiger partial charge in [-0.05, 0) is 162 Å². The van der Waals surface area contributed by atoms with Gasteiger partial charge in [-0.15, -0.1) is 0 Å². The summed E-state index contributed by atoms with van der Waals surface area (Å²) in [6.07, 6.45) is 16.3. The molecule has 1 aromatic carbocycles. The Kier molecular flexibility index (Phi) is 5.39. The average molecular weight is 489 g/mol. The van der Waals surface area contributed by atoms with Crippen LogP contribution in [0.4, 0.5) is 0 Å². The van der Waals surface area contributed by atoms with Crippen LogP contribution in [0.1, 0.15) is 112 Å². The Morgan fingerprint density at radius 3 is 1.08 bits per heavy atom. The Bertz CT molecular complexity index is 889. The van der Waals surface area contributed by atoms with Crippen molar-refractivity contribution < 1.29 is 9.59 Å². The van der Waals surface area contributed by atoms with E-state index in [1.165, 1.54) is 77.0 Å². The molecule has 0 spiro atoms. The van der Waals surface area contributed by atoms with Crippen molar-refractivity contribution in [1.82, 2.24) is 10.6 Å². The summed E-state index contributed by atoms with van der Waals surface area (Å²) >= 11 is 0. The zero-order chi connectivity index (χ0) is 24.7. The zero-order valence-electron chi connectivity index (χ0n) is 22.2. The molecule has 8 bridgehead atoms. The zero-order valence-corrected chi connectivity index (χ0v) is 22.2. The fourth-order valence-corrected chi connectivity index (χ4v) is 11.1. The quantitative estimate of drug-likeness (QED) is 0.490. The van der Waals surface area contributed by atoms with Crippen LogP contribution in [0.3, 0.4) is 0 Å². The monoisotopic (exact) mass is 488 g/mol. The van der Waals surface area contributed by atoms with Crippen molar-refractivity contribution in [2.75, 3.05) is 0 Å². The average Bonchev–Trinajstić information content (AvgIpc) is 2.82. The molecule has 36 heavy (non-hydrogen) atoms. The molecule has 0 aromatic heterocycles. The third-order valence-corrected chi connectivity index (χ3v) is 12.1. The molecule has 194 valence electrons. The minimum absolute atomic E-state index is 0.00661. The molecule has 8 aliphatic carbocycles. The van der Waals surface area contributed by atoms with Gasteiger partial charge < -0.3 is 10.6 Å². The number of hydrogen-bond acceptors (Lipinski definition) is 2. The van der Waals surface area contributed by atoms with Crippen LogP contribution in [0.2, 0.25) is 0 Å². The fourth-order valence-electron chi connectivity index (χ4n) is 11.1. The SMILES string of the molecule is CC(NC(=O)c1ccc(C(=O)NC(C)C23CC4CC(CC(C4)C2)C3)cc1)C12CC3CC(CC(C3)C1)C2. The standard InChI is InChI=1S/C32H44N2O2/c1-19(31-13-21-7-22(14-31)9-23(8-21)15-31)33-29(35)27-3-5-28(6-4-27)30(36)34-20(2)32-16-24-10-25(17-32)12-26(11-24)18-32/h3-6,19-26H,7-18H2,1-2H3,(H,33,35)(H,34,36). The van der Waals surface area contributed by atoms with Crippen molar-refractivity contribution in [3.8, 4) is 0 Å². The maximum atomic E-state index is 13.2. The molecular formula is C32H44N2O2. The van der Waals surface area contributed by atoms with Crippen molar-refractivity contribution >= 4 is 11.8 Å². The highest BCUT2D eigenvalue weighted by molar-refractivity contribution is 5.98. The van der Waals surface area contributed by atoms with Crippen molar-refractivity contribution in [3.63, 3.8) is 0 Å². The smallest absolute Gasteiger partial charge is 0.251 e. The third-order valence-electron chi connectivity index (χ3n) is 12.1. The van der Waals surface area contributed by atoms with E-state index in [0.29, 0.717) is 22.0 Å². The van der Waals surface area contributed by atoms with E-state index in [0.717, 1.165) is 35.5 Å². The third kappa shape index (κ3) is 3.84. The Morgan fingerprint density at radius 1 is 0.583 bits per heavy atom. The van der Waals surface area contributed by atoms with Crippen LogP contribution in [-0.2, 0) is 0 Å².